The highest BCUT2D eigenvalue weighted by molar-refractivity contribution is 6.31. The first-order valence-corrected chi connectivity index (χ1v) is 21.6. The number of hydrogen-bond acceptors (Lipinski definition) is 12. The fourth-order valence-electron chi connectivity index (χ4n) is 7.74. The van der Waals surface area contributed by atoms with Crippen LogP contribution in [0, 0.1) is 13.8 Å². The molecule has 4 aromatic carbocycles. The fraction of sp³-hybridized carbons (Fsp3) is 0.261. The number of nitrogens with zero attached hydrogens (tertiary/aromatic N) is 8. The second kappa shape index (κ2) is 19.7. The van der Waals surface area contributed by atoms with Gasteiger partial charge in [0.15, 0.2) is 11.6 Å². The largest absolute Gasteiger partial charge is 0.497 e. The molecule has 20 heteroatoms. The third kappa shape index (κ3) is 9.79. The number of nitrogens with one attached hydrogen (secondary N) is 4. The lowest BCUT2D eigenvalue weighted by Gasteiger charge is -2.14. The Morgan fingerprint density at radius 2 is 0.939 bits per heavy atom. The van der Waals surface area contributed by atoms with E-state index in [-0.39, 0.29) is 39.0 Å². The highest BCUT2D eigenvalue weighted by atomic mass is 35.5. The Bertz CT molecular complexity index is 2700. The van der Waals surface area contributed by atoms with Gasteiger partial charge in [0.25, 0.3) is 0 Å². The molecule has 18 nitrogen and oxygen atoms in total. The summed E-state index contributed by atoms with van der Waals surface area (Å²) in [5.74, 6) is 1.55. The van der Waals surface area contributed by atoms with Gasteiger partial charge in [0.05, 0.1) is 62.9 Å². The van der Waals surface area contributed by atoms with Gasteiger partial charge in [-0.05, 0) is 74.5 Å². The molecule has 0 fully saturated rings. The third-order valence-corrected chi connectivity index (χ3v) is 11.4. The molecule has 2 aromatic heterocycles. The summed E-state index contributed by atoms with van der Waals surface area (Å²) in [6, 6.07) is 24.1. The first kappa shape index (κ1) is 45.1. The summed E-state index contributed by atoms with van der Waals surface area (Å²) >= 11 is 12.4. The SMILES string of the molecule is COc1ccc2c(c1)C(c1ccc(Cl)cc1)=NC(CC(=O)NCC(=O)NCCNC(=O)CNC(=O)CC1N=C(c3ccc(Cl)cc3)c3cc(OC)ccc3-n3c(C)nnc31)c1nnc(C)n1-2. The van der Waals surface area contributed by atoms with Crippen LogP contribution in [-0.4, -0.2) is 105 Å². The van der Waals surface area contributed by atoms with Crippen molar-refractivity contribution in [1.82, 2.24) is 50.8 Å². The number of halogens is 2. The van der Waals surface area contributed by atoms with Crippen LogP contribution < -0.4 is 30.7 Å². The van der Waals surface area contributed by atoms with E-state index in [1.54, 1.807) is 38.5 Å². The van der Waals surface area contributed by atoms with E-state index >= 15 is 0 Å². The molecule has 0 aliphatic carbocycles. The Morgan fingerprint density at radius 1 is 0.545 bits per heavy atom. The van der Waals surface area contributed by atoms with Crippen molar-refractivity contribution in [3.05, 3.63) is 141 Å². The molecular weight excluding hydrogens is 887 g/mol. The monoisotopic (exact) mass is 930 g/mol. The number of amides is 4. The first-order valence-electron chi connectivity index (χ1n) is 20.9. The fourth-order valence-corrected chi connectivity index (χ4v) is 7.99. The van der Waals surface area contributed by atoms with E-state index < -0.39 is 35.7 Å². The van der Waals surface area contributed by atoms with Crippen LogP contribution in [-0.2, 0) is 19.2 Å². The molecule has 0 saturated carbocycles. The topological polar surface area (TPSA) is 221 Å². The van der Waals surface area contributed by atoms with Crippen molar-refractivity contribution in [2.24, 2.45) is 9.98 Å². The summed E-state index contributed by atoms with van der Waals surface area (Å²) in [4.78, 5) is 62.3. The van der Waals surface area contributed by atoms with Crippen molar-refractivity contribution in [3.8, 4) is 22.9 Å². The molecule has 0 bridgehead atoms. The molecule has 2 unspecified atom stereocenters. The summed E-state index contributed by atoms with van der Waals surface area (Å²) in [5, 5.41) is 29.2. The molecule has 0 spiro atoms. The van der Waals surface area contributed by atoms with E-state index in [4.69, 9.17) is 42.7 Å². The van der Waals surface area contributed by atoms with Gasteiger partial charge >= 0.3 is 0 Å². The highest BCUT2D eigenvalue weighted by Gasteiger charge is 2.32. The number of aliphatic imine (C=N–C) groups is 2. The molecule has 0 saturated heterocycles. The van der Waals surface area contributed by atoms with E-state index in [1.807, 2.05) is 83.6 Å². The lowest BCUT2D eigenvalue weighted by atomic mass is 10.00. The molecule has 2 aliphatic rings. The van der Waals surface area contributed by atoms with Crippen LogP contribution in [0.1, 0.15) is 70.5 Å². The summed E-state index contributed by atoms with van der Waals surface area (Å²) in [6.45, 7) is 3.14. The van der Waals surface area contributed by atoms with Crippen LogP contribution in [0.3, 0.4) is 0 Å². The average Bonchev–Trinajstić information content (AvgIpc) is 3.82. The van der Waals surface area contributed by atoms with E-state index in [0.29, 0.717) is 56.3 Å². The molecule has 4 N–H and O–H groups in total. The van der Waals surface area contributed by atoms with Crippen LogP contribution >= 0.6 is 23.2 Å². The quantitative estimate of drug-likeness (QED) is 0.106. The van der Waals surface area contributed by atoms with Crippen LogP contribution in [0.4, 0.5) is 0 Å². The van der Waals surface area contributed by atoms with Gasteiger partial charge in [-0.1, -0.05) is 47.5 Å². The number of hydrogen-bond donors (Lipinski definition) is 4. The Kier molecular flexibility index (Phi) is 13.5. The zero-order chi connectivity index (χ0) is 46.5. The molecule has 6 aromatic rings. The lowest BCUT2D eigenvalue weighted by Crippen LogP contribution is -2.42. The Morgan fingerprint density at radius 3 is 1.32 bits per heavy atom. The predicted molar refractivity (Wildman–Crippen MR) is 246 cm³/mol. The van der Waals surface area contributed by atoms with Gasteiger partial charge in [-0.3, -0.25) is 38.3 Å². The number of aryl methyl sites for hydroxylation is 2. The minimum Gasteiger partial charge on any atom is -0.497 e. The molecule has 4 amide bonds. The van der Waals surface area contributed by atoms with Gasteiger partial charge in [-0.15, -0.1) is 20.4 Å². The van der Waals surface area contributed by atoms with Gasteiger partial charge < -0.3 is 30.7 Å². The maximum atomic E-state index is 13.4. The maximum Gasteiger partial charge on any atom is 0.239 e. The van der Waals surface area contributed by atoms with E-state index in [2.05, 4.69) is 41.7 Å². The molecule has 4 heterocycles. The van der Waals surface area contributed by atoms with Crippen molar-refractivity contribution in [2.45, 2.75) is 38.8 Å². The number of benzene rings is 4. The summed E-state index contributed by atoms with van der Waals surface area (Å²) < 4.78 is 14.8. The molecule has 2 aliphatic heterocycles. The number of fused-ring (bicyclic) bond motifs is 6. The minimum absolute atomic E-state index is 0.0699. The normalized spacial score (nSPS) is 14.7. The lowest BCUT2D eigenvalue weighted by molar-refractivity contribution is -0.126. The molecule has 66 heavy (non-hydrogen) atoms. The van der Waals surface area contributed by atoms with Crippen LogP contribution in [0.25, 0.3) is 11.4 Å². The van der Waals surface area contributed by atoms with Crippen molar-refractivity contribution in [2.75, 3.05) is 40.4 Å². The molecule has 338 valence electrons. The van der Waals surface area contributed by atoms with Gasteiger partial charge in [-0.2, -0.15) is 0 Å². The first-order chi connectivity index (χ1) is 31.9. The zero-order valence-corrected chi connectivity index (χ0v) is 37.8. The van der Waals surface area contributed by atoms with Crippen LogP contribution in [0.15, 0.2) is 94.9 Å². The van der Waals surface area contributed by atoms with Crippen molar-refractivity contribution < 1.29 is 28.7 Å². The molecular formula is C46H44Cl2N12O6. The van der Waals surface area contributed by atoms with Crippen molar-refractivity contribution >= 4 is 58.3 Å². The Balaban J connectivity index is 0.838. The van der Waals surface area contributed by atoms with Gasteiger partial charge in [-0.25, -0.2) is 0 Å². The summed E-state index contributed by atoms with van der Waals surface area (Å²) in [6.07, 6.45) is -0.261. The standard InChI is InChI=1S/C46H44Cl2N12O6/c1-25-55-57-45-35(53-43(27-5-9-29(47)10-6-27)33-19-31(65-3)13-15-37(33)59(25)45)21-39(61)51-23-41(63)49-17-18-50-42(64)24-52-40(62)22-36-46-58-56-26(2)60(46)38-16-14-32(66-4)20-34(38)44(54-36)28-7-11-30(48)12-8-28/h5-16,19-20,35-36H,17-18,21-24H2,1-4H3,(H,49,63)(H,50,64)(H,51,61)(H,52,62). The summed E-state index contributed by atoms with van der Waals surface area (Å²) in [5.41, 5.74) is 5.79. The van der Waals surface area contributed by atoms with Crippen LogP contribution in [0.5, 0.6) is 11.5 Å². The highest BCUT2D eigenvalue weighted by Crippen LogP contribution is 2.36. The number of carbonyl (C=O) groups excluding carboxylic acids is 4. The molecule has 0 radical (unpaired) electrons. The number of aromatic nitrogens is 6. The number of rotatable bonds is 15. The van der Waals surface area contributed by atoms with E-state index in [9.17, 15) is 19.2 Å². The second-order valence-corrected chi connectivity index (χ2v) is 16.2. The maximum absolute atomic E-state index is 13.4. The minimum atomic E-state index is -0.758. The Labute approximate surface area is 388 Å². The number of methoxy groups -OCH3 is 2. The predicted octanol–water partition coefficient (Wildman–Crippen LogP) is 4.52. The third-order valence-electron chi connectivity index (χ3n) is 10.9. The second-order valence-electron chi connectivity index (χ2n) is 15.3. The zero-order valence-electron chi connectivity index (χ0n) is 36.3. The molecule has 8 rings (SSSR count). The van der Waals surface area contributed by atoms with Gasteiger partial charge in [0, 0.05) is 45.4 Å². The van der Waals surface area contributed by atoms with Crippen molar-refractivity contribution in [1.29, 1.82) is 0 Å². The summed E-state index contributed by atoms with van der Waals surface area (Å²) in [7, 11) is 3.16. The average molecular weight is 932 g/mol. The van der Waals surface area contributed by atoms with Crippen molar-refractivity contribution in [3.63, 3.8) is 0 Å². The molecule has 2 atom stereocenters. The van der Waals surface area contributed by atoms with E-state index in [0.717, 1.165) is 33.6 Å². The van der Waals surface area contributed by atoms with Gasteiger partial charge in [0.1, 0.15) is 35.2 Å². The Hall–Kier alpha value is -7.44. The number of ether oxygens (including phenoxy) is 2. The number of carbonyl (C=O) groups is 4. The smallest absolute Gasteiger partial charge is 0.239 e. The van der Waals surface area contributed by atoms with E-state index in [1.165, 1.54) is 0 Å². The van der Waals surface area contributed by atoms with Gasteiger partial charge in [0.2, 0.25) is 23.6 Å². The van der Waals surface area contributed by atoms with Crippen LogP contribution in [0.2, 0.25) is 10.0 Å².